The molecule has 2 rings (SSSR count). The van der Waals surface area contributed by atoms with E-state index in [-0.39, 0.29) is 5.41 Å². The van der Waals surface area contributed by atoms with Crippen molar-refractivity contribution in [1.82, 2.24) is 9.88 Å². The van der Waals surface area contributed by atoms with Gasteiger partial charge in [0.25, 0.3) is 0 Å². The maximum absolute atomic E-state index is 11.9. The van der Waals surface area contributed by atoms with Crippen LogP contribution in [0.15, 0.2) is 24.4 Å². The minimum atomic E-state index is -0.138. The molecule has 0 spiro atoms. The normalized spacial score (nSPS) is 21.0. The molecule has 0 amide bonds. The number of aromatic nitrogens is 1. The lowest BCUT2D eigenvalue weighted by Crippen LogP contribution is -2.44. The van der Waals surface area contributed by atoms with Crippen molar-refractivity contribution in [3.63, 3.8) is 0 Å². The van der Waals surface area contributed by atoms with Gasteiger partial charge in [0, 0.05) is 18.2 Å². The molecule has 2 heterocycles. The number of carbonyl (C=O) groups excluding carboxylic acids is 1. The van der Waals surface area contributed by atoms with Crippen LogP contribution in [-0.2, 0) is 11.3 Å². The van der Waals surface area contributed by atoms with Crippen molar-refractivity contribution >= 4 is 5.78 Å². The second-order valence-corrected chi connectivity index (χ2v) is 5.09. The van der Waals surface area contributed by atoms with Crippen molar-refractivity contribution in [1.29, 1.82) is 0 Å². The fraction of sp³-hybridized carbons (Fsp3) is 0.538. The number of pyridine rings is 1. The molecule has 16 heavy (non-hydrogen) atoms. The number of hydrogen-bond donors (Lipinski definition) is 0. The first kappa shape index (κ1) is 11.3. The Hall–Kier alpha value is -1.22. The molecule has 86 valence electrons. The molecule has 1 fully saturated rings. The van der Waals surface area contributed by atoms with E-state index in [2.05, 4.69) is 9.88 Å². The number of carbonyl (C=O) groups is 1. The minimum absolute atomic E-state index is 0.138. The molecule has 0 unspecified atom stereocenters. The Kier molecular flexibility index (Phi) is 3.06. The van der Waals surface area contributed by atoms with Crippen LogP contribution in [0.1, 0.15) is 26.0 Å². The zero-order valence-corrected chi connectivity index (χ0v) is 9.94. The molecule has 0 atom stereocenters. The summed E-state index contributed by atoms with van der Waals surface area (Å²) >= 11 is 0. The highest BCUT2D eigenvalue weighted by Crippen LogP contribution is 2.27. The Balaban J connectivity index is 1.97. The Labute approximate surface area is 96.5 Å². The summed E-state index contributed by atoms with van der Waals surface area (Å²) in [5, 5.41) is 0. The van der Waals surface area contributed by atoms with Gasteiger partial charge in [-0.15, -0.1) is 0 Å². The van der Waals surface area contributed by atoms with Gasteiger partial charge in [-0.05, 0) is 25.1 Å². The second kappa shape index (κ2) is 4.34. The monoisotopic (exact) mass is 218 g/mol. The largest absolute Gasteiger partial charge is 0.298 e. The molecule has 3 heteroatoms. The quantitative estimate of drug-likeness (QED) is 0.760. The van der Waals surface area contributed by atoms with Gasteiger partial charge in [-0.1, -0.05) is 19.9 Å². The molecule has 0 aromatic carbocycles. The van der Waals surface area contributed by atoms with E-state index >= 15 is 0 Å². The Morgan fingerprint density at radius 3 is 2.88 bits per heavy atom. The maximum atomic E-state index is 11.9. The van der Waals surface area contributed by atoms with E-state index in [0.29, 0.717) is 12.3 Å². The summed E-state index contributed by atoms with van der Waals surface area (Å²) < 4.78 is 0. The summed E-state index contributed by atoms with van der Waals surface area (Å²) in [6.07, 6.45) is 2.74. The van der Waals surface area contributed by atoms with Gasteiger partial charge in [-0.3, -0.25) is 14.7 Å². The minimum Gasteiger partial charge on any atom is -0.298 e. The molecule has 1 aliphatic heterocycles. The van der Waals surface area contributed by atoms with Crippen LogP contribution in [0, 0.1) is 5.41 Å². The summed E-state index contributed by atoms with van der Waals surface area (Å²) in [5.41, 5.74) is 0.899. The lowest BCUT2D eigenvalue weighted by Gasteiger charge is -2.35. The van der Waals surface area contributed by atoms with Crippen molar-refractivity contribution in [3.8, 4) is 0 Å². The zero-order valence-electron chi connectivity index (χ0n) is 9.94. The summed E-state index contributed by atoms with van der Waals surface area (Å²) in [4.78, 5) is 18.3. The van der Waals surface area contributed by atoms with E-state index in [1.165, 1.54) is 0 Å². The Morgan fingerprint density at radius 1 is 1.44 bits per heavy atom. The van der Waals surface area contributed by atoms with Crippen LogP contribution in [0.5, 0.6) is 0 Å². The number of rotatable bonds is 2. The number of hydrogen-bond acceptors (Lipinski definition) is 3. The Morgan fingerprint density at radius 2 is 2.25 bits per heavy atom. The third-order valence-electron chi connectivity index (χ3n) is 3.29. The first-order valence-corrected chi connectivity index (χ1v) is 5.73. The maximum Gasteiger partial charge on any atom is 0.152 e. The van der Waals surface area contributed by atoms with Crippen LogP contribution in [-0.4, -0.2) is 28.8 Å². The highest BCUT2D eigenvalue weighted by atomic mass is 16.1. The van der Waals surface area contributed by atoms with Crippen molar-refractivity contribution in [2.75, 3.05) is 13.1 Å². The van der Waals surface area contributed by atoms with Gasteiger partial charge < -0.3 is 0 Å². The first-order valence-electron chi connectivity index (χ1n) is 5.73. The molecule has 0 radical (unpaired) electrons. The number of likely N-dealkylation sites (tertiary alicyclic amines) is 1. The lowest BCUT2D eigenvalue weighted by molar-refractivity contribution is -0.132. The molecule has 1 aromatic rings. The van der Waals surface area contributed by atoms with Crippen molar-refractivity contribution in [2.45, 2.75) is 26.8 Å². The molecule has 0 N–H and O–H groups in total. The van der Waals surface area contributed by atoms with Gasteiger partial charge in [-0.25, -0.2) is 0 Å². The standard InChI is InChI=1S/C13H18N2O/c1-13(2)6-8-15(10-12(13)16)9-11-5-3-4-7-14-11/h3-5,7H,6,8-10H2,1-2H3. The molecular weight excluding hydrogens is 200 g/mol. The van der Waals surface area contributed by atoms with E-state index in [1.54, 1.807) is 6.20 Å². The molecule has 3 nitrogen and oxygen atoms in total. The van der Waals surface area contributed by atoms with Crippen LogP contribution in [0.2, 0.25) is 0 Å². The lowest BCUT2D eigenvalue weighted by atomic mass is 9.81. The van der Waals surface area contributed by atoms with Gasteiger partial charge in [-0.2, -0.15) is 0 Å². The first-order chi connectivity index (χ1) is 7.58. The predicted molar refractivity (Wildman–Crippen MR) is 62.9 cm³/mol. The average Bonchev–Trinajstić information content (AvgIpc) is 2.26. The Bertz CT molecular complexity index is 373. The van der Waals surface area contributed by atoms with Crippen LogP contribution in [0.4, 0.5) is 0 Å². The molecular formula is C13H18N2O. The van der Waals surface area contributed by atoms with E-state index in [9.17, 15) is 4.79 Å². The molecule has 0 bridgehead atoms. The van der Waals surface area contributed by atoms with Crippen molar-refractivity contribution in [3.05, 3.63) is 30.1 Å². The number of piperidine rings is 1. The number of Topliss-reactive ketones (excluding diaryl/α,β-unsaturated/α-hetero) is 1. The fourth-order valence-corrected chi connectivity index (χ4v) is 1.93. The van der Waals surface area contributed by atoms with E-state index in [4.69, 9.17) is 0 Å². The van der Waals surface area contributed by atoms with Gasteiger partial charge in [0.05, 0.1) is 12.2 Å². The van der Waals surface area contributed by atoms with Crippen molar-refractivity contribution in [2.24, 2.45) is 5.41 Å². The highest BCUT2D eigenvalue weighted by Gasteiger charge is 2.33. The molecule has 1 saturated heterocycles. The van der Waals surface area contributed by atoms with Gasteiger partial charge >= 0.3 is 0 Å². The van der Waals surface area contributed by atoms with E-state index in [1.807, 2.05) is 32.0 Å². The summed E-state index contributed by atoms with van der Waals surface area (Å²) in [6, 6.07) is 5.90. The molecule has 0 saturated carbocycles. The summed E-state index contributed by atoms with van der Waals surface area (Å²) in [6.45, 7) is 6.39. The molecule has 0 aliphatic carbocycles. The third kappa shape index (κ3) is 2.47. The fourth-order valence-electron chi connectivity index (χ4n) is 1.93. The van der Waals surface area contributed by atoms with E-state index in [0.717, 1.165) is 25.2 Å². The smallest absolute Gasteiger partial charge is 0.152 e. The van der Waals surface area contributed by atoms with Crippen LogP contribution >= 0.6 is 0 Å². The highest BCUT2D eigenvalue weighted by molar-refractivity contribution is 5.86. The van der Waals surface area contributed by atoms with Crippen LogP contribution in [0.3, 0.4) is 0 Å². The van der Waals surface area contributed by atoms with Crippen LogP contribution < -0.4 is 0 Å². The second-order valence-electron chi connectivity index (χ2n) is 5.09. The van der Waals surface area contributed by atoms with Gasteiger partial charge in [0.2, 0.25) is 0 Å². The zero-order chi connectivity index (χ0) is 11.6. The van der Waals surface area contributed by atoms with E-state index < -0.39 is 0 Å². The third-order valence-corrected chi connectivity index (χ3v) is 3.29. The SMILES string of the molecule is CC1(C)CCN(Cc2ccccn2)CC1=O. The van der Waals surface area contributed by atoms with Crippen LogP contribution in [0.25, 0.3) is 0 Å². The number of ketones is 1. The summed E-state index contributed by atoms with van der Waals surface area (Å²) in [5.74, 6) is 0.342. The van der Waals surface area contributed by atoms with Gasteiger partial charge in [0.15, 0.2) is 5.78 Å². The summed E-state index contributed by atoms with van der Waals surface area (Å²) in [7, 11) is 0. The average molecular weight is 218 g/mol. The predicted octanol–water partition coefficient (Wildman–Crippen LogP) is 1.88. The topological polar surface area (TPSA) is 33.2 Å². The number of nitrogens with zero attached hydrogens (tertiary/aromatic N) is 2. The van der Waals surface area contributed by atoms with Crippen molar-refractivity contribution < 1.29 is 4.79 Å². The molecule has 1 aromatic heterocycles. The molecule has 1 aliphatic rings. The van der Waals surface area contributed by atoms with Gasteiger partial charge in [0.1, 0.15) is 0 Å².